The van der Waals surface area contributed by atoms with Crippen LogP contribution in [0.25, 0.3) is 0 Å². The molecule has 0 saturated heterocycles. The first-order chi connectivity index (χ1) is 6.06. The Morgan fingerprint density at radius 3 is 2.08 bits per heavy atom. The monoisotopic (exact) mass is 184 g/mol. The third-order valence-electron chi connectivity index (χ3n) is 2.48. The zero-order valence-corrected chi connectivity index (χ0v) is 8.20. The van der Waals surface area contributed by atoms with Gasteiger partial charge in [0.15, 0.2) is 0 Å². The van der Waals surface area contributed by atoms with Crippen LogP contribution in [0.5, 0.6) is 0 Å². The Kier molecular flexibility index (Phi) is 3.02. The van der Waals surface area contributed by atoms with Crippen LogP contribution in [0.1, 0.15) is 37.3 Å². The van der Waals surface area contributed by atoms with Gasteiger partial charge in [0.1, 0.15) is 11.6 Å². The molecule has 0 aromatic heterocycles. The van der Waals surface area contributed by atoms with Gasteiger partial charge >= 0.3 is 0 Å². The summed E-state index contributed by atoms with van der Waals surface area (Å²) in [5, 5.41) is 0. The van der Waals surface area contributed by atoms with E-state index in [1.807, 2.05) is 13.8 Å². The molecule has 0 heterocycles. The van der Waals surface area contributed by atoms with E-state index in [0.717, 1.165) is 12.0 Å². The van der Waals surface area contributed by atoms with Crippen molar-refractivity contribution in [1.29, 1.82) is 0 Å². The lowest BCUT2D eigenvalue weighted by molar-refractivity contribution is 0.559. The SMILES string of the molecule is CC[C@@H](C)c1cc(F)c(C)c(F)c1. The third-order valence-corrected chi connectivity index (χ3v) is 2.48. The van der Waals surface area contributed by atoms with Crippen molar-refractivity contribution in [3.05, 3.63) is 34.9 Å². The van der Waals surface area contributed by atoms with E-state index in [2.05, 4.69) is 0 Å². The van der Waals surface area contributed by atoms with Crippen LogP contribution in [-0.4, -0.2) is 0 Å². The van der Waals surface area contributed by atoms with E-state index in [0.29, 0.717) is 0 Å². The van der Waals surface area contributed by atoms with E-state index in [1.165, 1.54) is 19.1 Å². The molecule has 1 aromatic carbocycles. The zero-order chi connectivity index (χ0) is 10.0. The molecule has 0 aliphatic rings. The van der Waals surface area contributed by atoms with Crippen molar-refractivity contribution in [2.75, 3.05) is 0 Å². The van der Waals surface area contributed by atoms with Crippen LogP contribution in [0.2, 0.25) is 0 Å². The van der Waals surface area contributed by atoms with E-state index in [9.17, 15) is 8.78 Å². The normalized spacial score (nSPS) is 13.0. The summed E-state index contributed by atoms with van der Waals surface area (Å²) in [6, 6.07) is 2.85. The summed E-state index contributed by atoms with van der Waals surface area (Å²) in [7, 11) is 0. The summed E-state index contributed by atoms with van der Waals surface area (Å²) in [6.07, 6.45) is 0.891. The Balaban J connectivity index is 3.13. The first-order valence-corrected chi connectivity index (χ1v) is 4.51. The minimum atomic E-state index is -0.449. The van der Waals surface area contributed by atoms with Gasteiger partial charge in [-0.05, 0) is 37.0 Å². The van der Waals surface area contributed by atoms with Crippen molar-refractivity contribution >= 4 is 0 Å². The Morgan fingerprint density at radius 2 is 1.69 bits per heavy atom. The minimum Gasteiger partial charge on any atom is -0.207 e. The van der Waals surface area contributed by atoms with Crippen molar-refractivity contribution in [3.63, 3.8) is 0 Å². The summed E-state index contributed by atoms with van der Waals surface area (Å²) in [5.74, 6) is -0.685. The largest absolute Gasteiger partial charge is 0.207 e. The molecule has 1 rings (SSSR count). The van der Waals surface area contributed by atoms with E-state index in [4.69, 9.17) is 0 Å². The van der Waals surface area contributed by atoms with Gasteiger partial charge in [-0.3, -0.25) is 0 Å². The second-order valence-electron chi connectivity index (χ2n) is 3.42. The van der Waals surface area contributed by atoms with Crippen LogP contribution in [-0.2, 0) is 0 Å². The van der Waals surface area contributed by atoms with Crippen molar-refractivity contribution in [2.45, 2.75) is 33.1 Å². The Bertz CT molecular complexity index is 282. The number of halogens is 2. The van der Waals surface area contributed by atoms with Crippen LogP contribution in [0.4, 0.5) is 8.78 Å². The molecule has 0 bridgehead atoms. The van der Waals surface area contributed by atoms with Crippen LogP contribution in [0.15, 0.2) is 12.1 Å². The molecule has 0 nitrogen and oxygen atoms in total. The predicted molar refractivity (Wildman–Crippen MR) is 49.8 cm³/mol. The molecule has 0 spiro atoms. The summed E-state index contributed by atoms with van der Waals surface area (Å²) in [4.78, 5) is 0. The van der Waals surface area contributed by atoms with Crippen LogP contribution in [0.3, 0.4) is 0 Å². The first kappa shape index (κ1) is 10.2. The summed E-state index contributed by atoms with van der Waals surface area (Å²) >= 11 is 0. The summed E-state index contributed by atoms with van der Waals surface area (Å²) in [5.41, 5.74) is 0.843. The molecular weight excluding hydrogens is 170 g/mol. The molecule has 0 amide bonds. The highest BCUT2D eigenvalue weighted by Crippen LogP contribution is 2.22. The topological polar surface area (TPSA) is 0 Å². The van der Waals surface area contributed by atoms with Crippen molar-refractivity contribution < 1.29 is 8.78 Å². The lowest BCUT2D eigenvalue weighted by atomic mass is 9.97. The first-order valence-electron chi connectivity index (χ1n) is 4.51. The quantitative estimate of drug-likeness (QED) is 0.656. The average molecular weight is 184 g/mol. The minimum absolute atomic E-state index is 0.104. The number of benzene rings is 1. The molecule has 0 radical (unpaired) electrons. The molecule has 0 aliphatic carbocycles. The second-order valence-corrected chi connectivity index (χ2v) is 3.42. The van der Waals surface area contributed by atoms with Crippen molar-refractivity contribution in [1.82, 2.24) is 0 Å². The number of hydrogen-bond donors (Lipinski definition) is 0. The average Bonchev–Trinajstić information content (AvgIpc) is 2.12. The van der Waals surface area contributed by atoms with Gasteiger partial charge in [0, 0.05) is 5.56 Å². The van der Waals surface area contributed by atoms with E-state index in [1.54, 1.807) is 0 Å². The van der Waals surface area contributed by atoms with E-state index < -0.39 is 11.6 Å². The molecule has 0 N–H and O–H groups in total. The lowest BCUT2D eigenvalue weighted by Gasteiger charge is -2.10. The highest BCUT2D eigenvalue weighted by molar-refractivity contribution is 5.27. The van der Waals surface area contributed by atoms with Crippen LogP contribution >= 0.6 is 0 Å². The molecule has 0 aliphatic heterocycles. The molecular formula is C11H14F2. The Labute approximate surface area is 77.6 Å². The molecule has 0 saturated carbocycles. The summed E-state index contributed by atoms with van der Waals surface area (Å²) in [6.45, 7) is 5.41. The van der Waals surface area contributed by atoms with E-state index >= 15 is 0 Å². The Hall–Kier alpha value is -0.920. The molecule has 72 valence electrons. The number of rotatable bonds is 2. The standard InChI is InChI=1S/C11H14F2/c1-4-7(2)9-5-10(12)8(3)11(13)6-9/h5-7H,4H2,1-3H3/t7-/m1/s1. The summed E-state index contributed by atoms with van der Waals surface area (Å²) < 4.78 is 26.2. The highest BCUT2D eigenvalue weighted by atomic mass is 19.1. The maximum Gasteiger partial charge on any atom is 0.129 e. The molecule has 1 aromatic rings. The maximum absolute atomic E-state index is 13.1. The lowest BCUT2D eigenvalue weighted by Crippen LogP contribution is -1.97. The van der Waals surface area contributed by atoms with Gasteiger partial charge in [0.2, 0.25) is 0 Å². The third kappa shape index (κ3) is 2.06. The fraction of sp³-hybridized carbons (Fsp3) is 0.455. The molecule has 1 atom stereocenters. The fourth-order valence-corrected chi connectivity index (χ4v) is 1.19. The molecule has 13 heavy (non-hydrogen) atoms. The van der Waals surface area contributed by atoms with Crippen LogP contribution in [0, 0.1) is 18.6 Å². The number of hydrogen-bond acceptors (Lipinski definition) is 0. The second kappa shape index (κ2) is 3.86. The molecule has 0 unspecified atom stereocenters. The van der Waals surface area contributed by atoms with Gasteiger partial charge in [-0.15, -0.1) is 0 Å². The molecule has 2 heteroatoms. The van der Waals surface area contributed by atoms with Gasteiger partial charge in [0.25, 0.3) is 0 Å². The van der Waals surface area contributed by atoms with Gasteiger partial charge in [-0.1, -0.05) is 13.8 Å². The van der Waals surface area contributed by atoms with Crippen molar-refractivity contribution in [3.8, 4) is 0 Å². The smallest absolute Gasteiger partial charge is 0.129 e. The fourth-order valence-electron chi connectivity index (χ4n) is 1.19. The maximum atomic E-state index is 13.1. The van der Waals surface area contributed by atoms with Gasteiger partial charge < -0.3 is 0 Å². The zero-order valence-electron chi connectivity index (χ0n) is 8.20. The molecule has 0 fully saturated rings. The Morgan fingerprint density at radius 1 is 1.23 bits per heavy atom. The van der Waals surface area contributed by atoms with Crippen LogP contribution < -0.4 is 0 Å². The van der Waals surface area contributed by atoms with Gasteiger partial charge in [0.05, 0.1) is 0 Å². The van der Waals surface area contributed by atoms with Gasteiger partial charge in [-0.25, -0.2) is 8.78 Å². The highest BCUT2D eigenvalue weighted by Gasteiger charge is 2.10. The van der Waals surface area contributed by atoms with Gasteiger partial charge in [-0.2, -0.15) is 0 Å². The van der Waals surface area contributed by atoms with E-state index in [-0.39, 0.29) is 11.5 Å². The van der Waals surface area contributed by atoms with Crippen molar-refractivity contribution in [2.24, 2.45) is 0 Å². The predicted octanol–water partition coefficient (Wildman–Crippen LogP) is 3.79.